The van der Waals surface area contributed by atoms with Crippen LogP contribution in [0.4, 0.5) is 0 Å². The number of nitrogens with two attached hydrogens (primary N) is 2. The summed E-state index contributed by atoms with van der Waals surface area (Å²) in [5, 5.41) is 32.7. The molecular formula is C14H23N5O9. The van der Waals surface area contributed by atoms with Gasteiger partial charge in [0.2, 0.25) is 23.6 Å². The number of carbonyl (C=O) groups excluding carboxylic acids is 4. The Hall–Kier alpha value is -3.26. The second kappa shape index (κ2) is 12.2. The lowest BCUT2D eigenvalue weighted by atomic mass is 10.1. The highest BCUT2D eigenvalue weighted by molar-refractivity contribution is 5.95. The lowest BCUT2D eigenvalue weighted by Gasteiger charge is -2.23. The number of aliphatic carboxylic acids is 2. The zero-order valence-corrected chi connectivity index (χ0v) is 14.7. The van der Waals surface area contributed by atoms with E-state index in [1.807, 2.05) is 5.32 Å². The van der Waals surface area contributed by atoms with Gasteiger partial charge in [-0.1, -0.05) is 0 Å². The minimum absolute atomic E-state index is 0.432. The van der Waals surface area contributed by atoms with Crippen LogP contribution < -0.4 is 27.4 Å². The Balaban J connectivity index is 5.35. The molecule has 0 spiro atoms. The van der Waals surface area contributed by atoms with Crippen molar-refractivity contribution < 1.29 is 44.1 Å². The summed E-state index contributed by atoms with van der Waals surface area (Å²) in [5.74, 6) is -6.72. The van der Waals surface area contributed by atoms with Gasteiger partial charge < -0.3 is 42.7 Å². The van der Waals surface area contributed by atoms with E-state index in [0.717, 1.165) is 0 Å². The van der Waals surface area contributed by atoms with Gasteiger partial charge in [-0.2, -0.15) is 0 Å². The molecule has 0 saturated heterocycles. The fourth-order valence-corrected chi connectivity index (χ4v) is 1.93. The van der Waals surface area contributed by atoms with E-state index in [9.17, 15) is 28.8 Å². The number of amides is 4. The number of hydrogen-bond donors (Lipinski definition) is 8. The van der Waals surface area contributed by atoms with Gasteiger partial charge in [0.1, 0.15) is 18.1 Å². The third kappa shape index (κ3) is 9.44. The number of aliphatic hydroxyl groups is 1. The monoisotopic (exact) mass is 405 g/mol. The Morgan fingerprint density at radius 1 is 0.857 bits per heavy atom. The maximum Gasteiger partial charge on any atom is 0.328 e. The van der Waals surface area contributed by atoms with Crippen molar-refractivity contribution in [1.82, 2.24) is 16.0 Å². The van der Waals surface area contributed by atoms with Crippen LogP contribution in [0.3, 0.4) is 0 Å². The normalized spacial score (nSPS) is 13.5. The summed E-state index contributed by atoms with van der Waals surface area (Å²) in [6, 6.07) is -4.70. The minimum Gasteiger partial charge on any atom is -0.481 e. The molecule has 4 amide bonds. The number of aliphatic hydroxyl groups excluding tert-OH is 1. The Labute approximate surface area is 158 Å². The zero-order valence-electron chi connectivity index (χ0n) is 14.7. The predicted octanol–water partition coefficient (Wildman–Crippen LogP) is -4.78. The third-order valence-corrected chi connectivity index (χ3v) is 3.32. The number of carbonyl (C=O) groups is 6. The quantitative estimate of drug-likeness (QED) is 0.145. The molecule has 3 atom stereocenters. The maximum absolute atomic E-state index is 12.3. The molecule has 0 aliphatic carbocycles. The Bertz CT molecular complexity index is 624. The number of rotatable bonds is 13. The SMILES string of the molecule is NCC(=O)NC(CC(N)=O)C(=O)NC(CCC(=O)O)C(=O)NC(CO)C(=O)O. The van der Waals surface area contributed by atoms with Crippen molar-refractivity contribution in [3.63, 3.8) is 0 Å². The number of carboxylic acid groups (broad SMARTS) is 2. The first-order valence-electron chi connectivity index (χ1n) is 7.95. The molecule has 0 aliphatic rings. The van der Waals surface area contributed by atoms with Crippen LogP contribution in [0.1, 0.15) is 19.3 Å². The van der Waals surface area contributed by atoms with E-state index in [0.29, 0.717) is 0 Å². The highest BCUT2D eigenvalue weighted by atomic mass is 16.4. The lowest BCUT2D eigenvalue weighted by molar-refractivity contribution is -0.144. The van der Waals surface area contributed by atoms with Crippen LogP contribution in [0.25, 0.3) is 0 Å². The average molecular weight is 405 g/mol. The van der Waals surface area contributed by atoms with Crippen molar-refractivity contribution in [1.29, 1.82) is 0 Å². The summed E-state index contributed by atoms with van der Waals surface area (Å²) < 4.78 is 0. The van der Waals surface area contributed by atoms with Crippen LogP contribution in [-0.4, -0.2) is 82.2 Å². The number of nitrogens with one attached hydrogen (secondary N) is 3. The van der Waals surface area contributed by atoms with Crippen LogP contribution in [0.15, 0.2) is 0 Å². The topological polar surface area (TPSA) is 251 Å². The highest BCUT2D eigenvalue weighted by Crippen LogP contribution is 2.02. The van der Waals surface area contributed by atoms with Crippen molar-refractivity contribution >= 4 is 35.6 Å². The van der Waals surface area contributed by atoms with Crippen LogP contribution in [0.5, 0.6) is 0 Å². The number of hydrogen-bond acceptors (Lipinski definition) is 8. The molecule has 158 valence electrons. The van der Waals surface area contributed by atoms with E-state index >= 15 is 0 Å². The van der Waals surface area contributed by atoms with E-state index in [2.05, 4.69) is 10.6 Å². The fourth-order valence-electron chi connectivity index (χ4n) is 1.93. The molecule has 0 aliphatic heterocycles. The van der Waals surface area contributed by atoms with Gasteiger partial charge in [-0.3, -0.25) is 24.0 Å². The van der Waals surface area contributed by atoms with Crippen LogP contribution in [0.2, 0.25) is 0 Å². The third-order valence-electron chi connectivity index (χ3n) is 3.32. The molecule has 0 aromatic rings. The second-order valence-electron chi connectivity index (χ2n) is 5.57. The zero-order chi connectivity index (χ0) is 21.9. The first-order chi connectivity index (χ1) is 13.0. The van der Waals surface area contributed by atoms with Crippen LogP contribution in [0, 0.1) is 0 Å². The van der Waals surface area contributed by atoms with E-state index < -0.39 is 86.1 Å². The van der Waals surface area contributed by atoms with Gasteiger partial charge >= 0.3 is 11.9 Å². The van der Waals surface area contributed by atoms with E-state index in [1.54, 1.807) is 0 Å². The van der Waals surface area contributed by atoms with E-state index in [-0.39, 0.29) is 0 Å². The molecule has 14 nitrogen and oxygen atoms in total. The molecular weight excluding hydrogens is 382 g/mol. The molecule has 28 heavy (non-hydrogen) atoms. The van der Waals surface area contributed by atoms with Crippen molar-refractivity contribution in [2.75, 3.05) is 13.2 Å². The summed E-state index contributed by atoms with van der Waals surface area (Å²) in [6.07, 6.45) is -1.62. The Kier molecular flexibility index (Phi) is 10.8. The minimum atomic E-state index is -1.69. The van der Waals surface area contributed by atoms with E-state index in [1.165, 1.54) is 0 Å². The highest BCUT2D eigenvalue weighted by Gasteiger charge is 2.30. The second-order valence-corrected chi connectivity index (χ2v) is 5.57. The summed E-state index contributed by atoms with van der Waals surface area (Å²) in [7, 11) is 0. The smallest absolute Gasteiger partial charge is 0.328 e. The van der Waals surface area contributed by atoms with Crippen molar-refractivity contribution in [3.8, 4) is 0 Å². The summed E-state index contributed by atoms with van der Waals surface area (Å²) in [4.78, 5) is 68.6. The first-order valence-corrected chi connectivity index (χ1v) is 7.95. The number of primary amides is 1. The molecule has 0 radical (unpaired) electrons. The molecule has 14 heteroatoms. The summed E-state index contributed by atoms with van der Waals surface area (Å²) in [6.45, 7) is -1.44. The van der Waals surface area contributed by atoms with Gasteiger partial charge in [0.25, 0.3) is 0 Å². The molecule has 10 N–H and O–H groups in total. The largest absolute Gasteiger partial charge is 0.481 e. The molecule has 0 rings (SSSR count). The van der Waals surface area contributed by atoms with Gasteiger partial charge in [0.15, 0.2) is 0 Å². The Morgan fingerprint density at radius 3 is 1.82 bits per heavy atom. The molecule has 3 unspecified atom stereocenters. The predicted molar refractivity (Wildman–Crippen MR) is 90.2 cm³/mol. The lowest BCUT2D eigenvalue weighted by Crippen LogP contribution is -2.57. The van der Waals surface area contributed by atoms with E-state index in [4.69, 9.17) is 26.8 Å². The van der Waals surface area contributed by atoms with Crippen LogP contribution in [-0.2, 0) is 28.8 Å². The van der Waals surface area contributed by atoms with Gasteiger partial charge in [0.05, 0.1) is 19.6 Å². The van der Waals surface area contributed by atoms with Gasteiger partial charge in [0, 0.05) is 6.42 Å². The molecule has 0 aromatic carbocycles. The number of carboxylic acids is 2. The summed E-state index contributed by atoms with van der Waals surface area (Å²) in [5.41, 5.74) is 10.1. The van der Waals surface area contributed by atoms with Crippen LogP contribution >= 0.6 is 0 Å². The Morgan fingerprint density at radius 2 is 1.39 bits per heavy atom. The van der Waals surface area contributed by atoms with Crippen molar-refractivity contribution in [2.45, 2.75) is 37.4 Å². The molecule has 0 saturated carbocycles. The van der Waals surface area contributed by atoms with Gasteiger partial charge in [-0.15, -0.1) is 0 Å². The standard InChI is InChI=1S/C14H23N5O9/c15-4-10(22)17-7(3-9(16)21)13(26)18-6(1-2-11(23)24)12(25)19-8(5-20)14(27)28/h6-8,20H,1-5,15H2,(H2,16,21)(H,17,22)(H,18,26)(H,19,25)(H,23,24)(H,27,28). The molecule has 0 fully saturated rings. The average Bonchev–Trinajstić information content (AvgIpc) is 2.60. The first kappa shape index (κ1) is 24.7. The molecule has 0 aromatic heterocycles. The van der Waals surface area contributed by atoms with Gasteiger partial charge in [-0.25, -0.2) is 4.79 Å². The van der Waals surface area contributed by atoms with Gasteiger partial charge in [-0.05, 0) is 6.42 Å². The molecule has 0 heterocycles. The maximum atomic E-state index is 12.3. The van der Waals surface area contributed by atoms with Crippen molar-refractivity contribution in [2.24, 2.45) is 11.5 Å². The van der Waals surface area contributed by atoms with Crippen molar-refractivity contribution in [3.05, 3.63) is 0 Å². The molecule has 0 bridgehead atoms. The fraction of sp³-hybridized carbons (Fsp3) is 0.571. The summed E-state index contributed by atoms with van der Waals surface area (Å²) >= 11 is 0.